The van der Waals surface area contributed by atoms with Gasteiger partial charge in [0.15, 0.2) is 0 Å². The number of hydrogen-bond donors (Lipinski definition) is 10. The predicted octanol–water partition coefficient (Wildman–Crippen LogP) is -5.12. The average molecular weight is 620 g/mol. The van der Waals surface area contributed by atoms with E-state index >= 15 is 0 Å². The van der Waals surface area contributed by atoms with Gasteiger partial charge in [-0.3, -0.25) is 33.6 Å². The zero-order valence-corrected chi connectivity index (χ0v) is 23.7. The van der Waals surface area contributed by atoms with Gasteiger partial charge >= 0.3 is 11.9 Å². The Balaban J connectivity index is 2.62. The first kappa shape index (κ1) is 36.1. The Morgan fingerprint density at radius 1 is 0.905 bits per heavy atom. The molecule has 5 atom stereocenters. The lowest BCUT2D eigenvalue weighted by Gasteiger charge is -2.26. The van der Waals surface area contributed by atoms with E-state index in [0.29, 0.717) is 6.42 Å². The van der Waals surface area contributed by atoms with Gasteiger partial charge < -0.3 is 52.5 Å². The van der Waals surface area contributed by atoms with Gasteiger partial charge in [-0.05, 0) is 26.2 Å². The molecule has 0 saturated carbocycles. The maximum atomic E-state index is 12.7. The highest BCUT2D eigenvalue weighted by atomic mass is 32.1. The molecule has 1 aliphatic heterocycles. The van der Waals surface area contributed by atoms with Crippen LogP contribution in [0.15, 0.2) is 0 Å². The molecule has 236 valence electrons. The van der Waals surface area contributed by atoms with Gasteiger partial charge in [-0.2, -0.15) is 12.6 Å². The van der Waals surface area contributed by atoms with Crippen molar-refractivity contribution >= 4 is 60.0 Å². The van der Waals surface area contributed by atoms with Crippen LogP contribution in [0.2, 0.25) is 0 Å². The van der Waals surface area contributed by atoms with Crippen LogP contribution in [0.4, 0.5) is 0 Å². The van der Waals surface area contributed by atoms with Gasteiger partial charge in [0.1, 0.15) is 24.2 Å². The monoisotopic (exact) mass is 619 g/mol. The number of rotatable bonds is 17. The number of nitrogens with two attached hydrogens (primary N) is 1. The SMILES string of the molecule is C[C@H](N)C(=O)N[C@@H](CO)C(=O)NCC(=O)N[C@@H](CS)C(=O)NCC(=O)N1CCC[C@H]1C(=O)N[C@@H](CCC(=O)O)C(=O)O. The lowest BCUT2D eigenvalue weighted by molar-refractivity contribution is -0.144. The van der Waals surface area contributed by atoms with Crippen molar-refractivity contribution in [3.63, 3.8) is 0 Å². The van der Waals surface area contributed by atoms with Gasteiger partial charge in [0.05, 0.1) is 25.7 Å². The van der Waals surface area contributed by atoms with E-state index in [-0.39, 0.29) is 25.1 Å². The summed E-state index contributed by atoms with van der Waals surface area (Å²) in [7, 11) is 0. The molecule has 1 fully saturated rings. The van der Waals surface area contributed by atoms with Crippen LogP contribution in [0.1, 0.15) is 32.6 Å². The molecule has 0 aromatic heterocycles. The van der Waals surface area contributed by atoms with E-state index in [2.05, 4.69) is 39.2 Å². The van der Waals surface area contributed by atoms with Gasteiger partial charge in [0.25, 0.3) is 0 Å². The number of carboxylic acid groups (broad SMARTS) is 2. The molecule has 0 aliphatic carbocycles. The standard InChI is InChI=1S/C23H37N7O11S/c1-11(24)19(36)29-13(9-31)20(37)25-7-16(32)27-14(10-42)21(38)26-8-17(33)30-6-2-3-15(30)22(39)28-12(23(40)41)4-5-18(34)35/h11-15,31,42H,2-10,24H2,1H3,(H,25,37)(H,26,38)(H,27,32)(H,28,39)(H,29,36)(H,34,35)(H,40,41)/t11-,12-,13-,14-,15-/m0/s1. The fourth-order valence-corrected chi connectivity index (χ4v) is 4.00. The Labute approximate surface area is 245 Å². The minimum Gasteiger partial charge on any atom is -0.481 e. The number of nitrogens with one attached hydrogen (secondary N) is 5. The second-order valence-corrected chi connectivity index (χ2v) is 9.71. The molecule has 0 aromatic rings. The van der Waals surface area contributed by atoms with E-state index in [0.717, 1.165) is 4.90 Å². The van der Waals surface area contributed by atoms with Crippen molar-refractivity contribution in [2.45, 2.75) is 62.8 Å². The summed E-state index contributed by atoms with van der Waals surface area (Å²) in [6.45, 7) is -0.403. The molecule has 0 radical (unpaired) electrons. The lowest BCUT2D eigenvalue weighted by atomic mass is 10.1. The molecule has 1 aliphatic rings. The van der Waals surface area contributed by atoms with Gasteiger partial charge in [-0.15, -0.1) is 0 Å². The minimum atomic E-state index is -1.46. The summed E-state index contributed by atoms with van der Waals surface area (Å²) in [5.74, 6) is -7.45. The molecule has 42 heavy (non-hydrogen) atoms. The molecule has 19 heteroatoms. The Bertz CT molecular complexity index is 1040. The number of carbonyl (C=O) groups is 8. The van der Waals surface area contributed by atoms with Gasteiger partial charge in [0, 0.05) is 18.7 Å². The quantitative estimate of drug-likeness (QED) is 0.0684. The summed E-state index contributed by atoms with van der Waals surface area (Å²) in [4.78, 5) is 97.2. The first-order chi connectivity index (χ1) is 19.7. The van der Waals surface area contributed by atoms with Crippen molar-refractivity contribution in [1.29, 1.82) is 0 Å². The van der Waals surface area contributed by atoms with Gasteiger partial charge in [-0.25, -0.2) is 4.79 Å². The Hall–Kier alpha value is -3.97. The van der Waals surface area contributed by atoms with E-state index in [1.54, 1.807) is 0 Å². The third-order valence-corrected chi connectivity index (χ3v) is 6.40. The number of likely N-dealkylation sites (tertiary alicyclic amines) is 1. The lowest BCUT2D eigenvalue weighted by Crippen LogP contribution is -2.56. The molecular weight excluding hydrogens is 582 g/mol. The largest absolute Gasteiger partial charge is 0.481 e. The topological polar surface area (TPSA) is 287 Å². The number of aliphatic hydroxyl groups is 1. The Morgan fingerprint density at radius 2 is 1.52 bits per heavy atom. The highest BCUT2D eigenvalue weighted by Gasteiger charge is 2.36. The highest BCUT2D eigenvalue weighted by Crippen LogP contribution is 2.18. The van der Waals surface area contributed by atoms with Crippen LogP contribution in [-0.4, -0.2) is 130 Å². The maximum Gasteiger partial charge on any atom is 0.326 e. The van der Waals surface area contributed by atoms with E-state index < -0.39 is 104 Å². The smallest absolute Gasteiger partial charge is 0.326 e. The number of nitrogens with zero attached hydrogens (tertiary/aromatic N) is 1. The molecule has 10 N–H and O–H groups in total. The molecule has 0 unspecified atom stereocenters. The van der Waals surface area contributed by atoms with E-state index in [9.17, 15) is 48.6 Å². The van der Waals surface area contributed by atoms with Gasteiger partial charge in [-0.1, -0.05) is 0 Å². The number of aliphatic carboxylic acids is 2. The van der Waals surface area contributed by atoms with Crippen LogP contribution in [0, 0.1) is 0 Å². The van der Waals surface area contributed by atoms with Crippen molar-refractivity contribution in [1.82, 2.24) is 31.5 Å². The molecule has 1 heterocycles. The first-order valence-corrected chi connectivity index (χ1v) is 13.5. The summed E-state index contributed by atoms with van der Waals surface area (Å²) in [5.41, 5.74) is 5.39. The third-order valence-electron chi connectivity index (χ3n) is 6.04. The van der Waals surface area contributed by atoms with Crippen LogP contribution in [0.3, 0.4) is 0 Å². The van der Waals surface area contributed by atoms with Crippen LogP contribution >= 0.6 is 12.6 Å². The second-order valence-electron chi connectivity index (χ2n) is 9.35. The van der Waals surface area contributed by atoms with Crippen molar-refractivity contribution in [3.8, 4) is 0 Å². The summed E-state index contributed by atoms with van der Waals surface area (Å²) >= 11 is 4.01. The minimum absolute atomic E-state index is 0.158. The molecule has 18 nitrogen and oxygen atoms in total. The maximum absolute atomic E-state index is 12.7. The number of carbonyl (C=O) groups excluding carboxylic acids is 6. The highest BCUT2D eigenvalue weighted by molar-refractivity contribution is 7.80. The second kappa shape index (κ2) is 17.8. The third kappa shape index (κ3) is 11.9. The summed E-state index contributed by atoms with van der Waals surface area (Å²) in [6, 6.07) is -6.00. The molecule has 6 amide bonds. The number of thiol groups is 1. The fraction of sp³-hybridized carbons (Fsp3) is 0.652. The van der Waals surface area contributed by atoms with Crippen molar-refractivity contribution < 1.29 is 53.7 Å². The number of carboxylic acids is 2. The molecule has 1 rings (SSSR count). The summed E-state index contributed by atoms with van der Waals surface area (Å²) in [5, 5.41) is 38.6. The molecule has 1 saturated heterocycles. The predicted molar refractivity (Wildman–Crippen MR) is 146 cm³/mol. The van der Waals surface area contributed by atoms with Crippen LogP contribution in [0.25, 0.3) is 0 Å². The molecular formula is C23H37N7O11S. The van der Waals surface area contributed by atoms with E-state index in [4.69, 9.17) is 10.8 Å². The van der Waals surface area contributed by atoms with Crippen molar-refractivity contribution in [2.75, 3.05) is 32.0 Å². The Kier molecular flexibility index (Phi) is 15.2. The van der Waals surface area contributed by atoms with Gasteiger partial charge in [0.2, 0.25) is 35.4 Å². The fourth-order valence-electron chi connectivity index (χ4n) is 3.75. The summed E-state index contributed by atoms with van der Waals surface area (Å²) in [6.07, 6.45) is -0.178. The van der Waals surface area contributed by atoms with Crippen molar-refractivity contribution in [2.24, 2.45) is 5.73 Å². The zero-order chi connectivity index (χ0) is 32.0. The van der Waals surface area contributed by atoms with E-state index in [1.807, 2.05) is 0 Å². The van der Waals surface area contributed by atoms with Crippen LogP contribution in [0.5, 0.6) is 0 Å². The van der Waals surface area contributed by atoms with Crippen LogP contribution in [-0.2, 0) is 38.4 Å². The van der Waals surface area contributed by atoms with Crippen LogP contribution < -0.4 is 32.3 Å². The first-order valence-electron chi connectivity index (χ1n) is 12.9. The number of aliphatic hydroxyl groups excluding tert-OH is 1. The number of amides is 6. The molecule has 0 aromatic carbocycles. The molecule has 0 bridgehead atoms. The van der Waals surface area contributed by atoms with E-state index in [1.165, 1.54) is 6.92 Å². The molecule has 0 spiro atoms. The summed E-state index contributed by atoms with van der Waals surface area (Å²) < 4.78 is 0. The number of hydrogen-bond acceptors (Lipinski definition) is 11. The van der Waals surface area contributed by atoms with Crippen molar-refractivity contribution in [3.05, 3.63) is 0 Å². The normalized spacial score (nSPS) is 17.1. The Morgan fingerprint density at radius 3 is 2.07 bits per heavy atom. The zero-order valence-electron chi connectivity index (χ0n) is 22.8. The average Bonchev–Trinajstić information content (AvgIpc) is 3.43.